The van der Waals surface area contributed by atoms with E-state index < -0.39 is 20.7 Å². The second kappa shape index (κ2) is 9.40. The minimum absolute atomic E-state index is 0.0979. The largest absolute Gasteiger partial charge is 0.384 e. The number of piperidine rings is 1. The summed E-state index contributed by atoms with van der Waals surface area (Å²) in [7, 11) is -2.29. The maximum atomic E-state index is 14.3. The molecule has 0 bridgehead atoms. The molecule has 178 valence electrons. The first-order valence-electron chi connectivity index (χ1n) is 11.0. The Bertz CT molecular complexity index is 1260. The molecule has 2 heterocycles. The van der Waals surface area contributed by atoms with Gasteiger partial charge < -0.3 is 5.73 Å². The van der Waals surface area contributed by atoms with Gasteiger partial charge in [-0.05, 0) is 36.5 Å². The molecule has 1 amide bonds. The van der Waals surface area contributed by atoms with Crippen LogP contribution < -0.4 is 5.73 Å². The molecule has 1 aliphatic heterocycles. The van der Waals surface area contributed by atoms with Crippen molar-refractivity contribution >= 4 is 21.7 Å². The number of rotatable bonds is 6. The molecule has 9 nitrogen and oxygen atoms in total. The van der Waals surface area contributed by atoms with Crippen LogP contribution in [0.15, 0.2) is 73.1 Å². The molecule has 0 saturated carbocycles. The lowest BCUT2D eigenvalue weighted by Gasteiger charge is -2.49. The maximum absolute atomic E-state index is 14.3. The van der Waals surface area contributed by atoms with Crippen molar-refractivity contribution in [3.05, 3.63) is 89.7 Å². The third kappa shape index (κ3) is 4.22. The number of nitrogens with one attached hydrogen (secondary N) is 1. The molecule has 1 aliphatic rings. The van der Waals surface area contributed by atoms with Crippen LogP contribution in [0.4, 0.5) is 4.79 Å². The predicted molar refractivity (Wildman–Crippen MR) is 130 cm³/mol. The van der Waals surface area contributed by atoms with E-state index in [9.17, 15) is 13.2 Å². The van der Waals surface area contributed by atoms with E-state index >= 15 is 0 Å². The van der Waals surface area contributed by atoms with Crippen LogP contribution in [0.3, 0.4) is 0 Å². The molecule has 2 aromatic carbocycles. The quantitative estimate of drug-likeness (QED) is 0.413. The minimum atomic E-state index is -3.86. The van der Waals surface area contributed by atoms with Crippen molar-refractivity contribution in [1.82, 2.24) is 19.8 Å². The van der Waals surface area contributed by atoms with E-state index in [1.165, 1.54) is 22.1 Å². The van der Waals surface area contributed by atoms with Gasteiger partial charge in [0.15, 0.2) is 14.7 Å². The Balaban J connectivity index is 1.86. The van der Waals surface area contributed by atoms with Crippen molar-refractivity contribution in [2.24, 2.45) is 5.73 Å². The third-order valence-corrected chi connectivity index (χ3v) is 8.65. The summed E-state index contributed by atoms with van der Waals surface area (Å²) in [6.07, 6.45) is 4.78. The molecule has 0 spiro atoms. The van der Waals surface area contributed by atoms with Crippen LogP contribution >= 0.6 is 0 Å². The topological polar surface area (TPSA) is 125 Å². The van der Waals surface area contributed by atoms with Crippen molar-refractivity contribution in [2.75, 3.05) is 13.6 Å². The van der Waals surface area contributed by atoms with Gasteiger partial charge in [0.05, 0.1) is 5.75 Å². The summed E-state index contributed by atoms with van der Waals surface area (Å²) in [5, 5.41) is 14.7. The molecule has 1 fully saturated rings. The van der Waals surface area contributed by atoms with Gasteiger partial charge in [0.25, 0.3) is 0 Å². The minimum Gasteiger partial charge on any atom is -0.384 e. The average molecular weight is 481 g/mol. The number of benzene rings is 2. The highest BCUT2D eigenvalue weighted by atomic mass is 32.2. The maximum Gasteiger partial charge on any atom is 0.358 e. The molecule has 3 aromatic rings. The highest BCUT2D eigenvalue weighted by Crippen LogP contribution is 2.44. The third-order valence-electron chi connectivity index (χ3n) is 6.25. The van der Waals surface area contributed by atoms with Gasteiger partial charge in [0.1, 0.15) is 5.84 Å². The number of amidine groups is 1. The summed E-state index contributed by atoms with van der Waals surface area (Å²) in [5.41, 5.74) is 7.34. The number of hydrazine groups is 1. The summed E-state index contributed by atoms with van der Waals surface area (Å²) >= 11 is 0. The molecule has 3 N–H and O–H groups in total. The van der Waals surface area contributed by atoms with E-state index in [0.717, 1.165) is 6.42 Å². The zero-order valence-electron chi connectivity index (χ0n) is 19.0. The molecule has 1 aromatic heterocycles. The standard InChI is InChI=1S/C24H28N6O3S/c1-28(23(31)29-16-7-15-27-29)30-17-6-5-14-24(30,21-12-10-20(11-13-21)22(25)26)34(32,33)18-19-8-3-2-4-9-19/h2-4,7-13,15-16H,5-6,14,17-18H2,1H3,(H3,25,26). The zero-order chi connectivity index (χ0) is 24.3. The lowest BCUT2D eigenvalue weighted by Crippen LogP contribution is -2.62. The Morgan fingerprint density at radius 2 is 1.82 bits per heavy atom. The van der Waals surface area contributed by atoms with Crippen LogP contribution in [0.25, 0.3) is 0 Å². The lowest BCUT2D eigenvalue weighted by atomic mass is 9.94. The van der Waals surface area contributed by atoms with Crippen molar-refractivity contribution < 1.29 is 13.2 Å². The highest BCUT2D eigenvalue weighted by Gasteiger charge is 2.53. The first kappa shape index (κ1) is 23.7. The fraction of sp³-hybridized carbons (Fsp3) is 0.292. The monoisotopic (exact) mass is 480 g/mol. The van der Waals surface area contributed by atoms with Gasteiger partial charge >= 0.3 is 6.03 Å². The van der Waals surface area contributed by atoms with Gasteiger partial charge in [-0.15, -0.1) is 0 Å². The number of nitrogen functional groups attached to an aromatic ring is 1. The number of nitrogens with two attached hydrogens (primary N) is 1. The zero-order valence-corrected chi connectivity index (χ0v) is 19.8. The highest BCUT2D eigenvalue weighted by molar-refractivity contribution is 7.91. The molecule has 34 heavy (non-hydrogen) atoms. The van der Waals surface area contributed by atoms with Gasteiger partial charge in [-0.25, -0.2) is 13.2 Å². The smallest absolute Gasteiger partial charge is 0.358 e. The summed E-state index contributed by atoms with van der Waals surface area (Å²) < 4.78 is 29.7. The van der Waals surface area contributed by atoms with Crippen molar-refractivity contribution in [3.8, 4) is 0 Å². The predicted octanol–water partition coefficient (Wildman–Crippen LogP) is 2.94. The fourth-order valence-corrected chi connectivity index (χ4v) is 6.93. The van der Waals surface area contributed by atoms with Gasteiger partial charge in [-0.3, -0.25) is 10.4 Å². The summed E-state index contributed by atoms with van der Waals surface area (Å²) in [5.74, 6) is -0.276. The molecule has 4 rings (SSSR count). The molecule has 1 atom stereocenters. The average Bonchev–Trinajstić information content (AvgIpc) is 3.38. The van der Waals surface area contributed by atoms with Crippen molar-refractivity contribution in [3.63, 3.8) is 0 Å². The number of hydrogen-bond donors (Lipinski definition) is 2. The van der Waals surface area contributed by atoms with Crippen LogP contribution in [0.5, 0.6) is 0 Å². The number of nitrogens with zero attached hydrogens (tertiary/aromatic N) is 4. The number of carbonyl (C=O) groups excluding carboxylic acids is 1. The van der Waals surface area contributed by atoms with Crippen LogP contribution in [0, 0.1) is 5.41 Å². The van der Waals surface area contributed by atoms with E-state index in [4.69, 9.17) is 11.1 Å². The van der Waals surface area contributed by atoms with Gasteiger partial charge in [0, 0.05) is 31.5 Å². The molecular weight excluding hydrogens is 452 g/mol. The van der Waals surface area contributed by atoms with Gasteiger partial charge in [-0.1, -0.05) is 54.6 Å². The Morgan fingerprint density at radius 1 is 1.12 bits per heavy atom. The van der Waals surface area contributed by atoms with Gasteiger partial charge in [-0.2, -0.15) is 14.8 Å². The van der Waals surface area contributed by atoms with E-state index in [-0.39, 0.29) is 11.6 Å². The van der Waals surface area contributed by atoms with E-state index in [2.05, 4.69) is 5.10 Å². The van der Waals surface area contributed by atoms with Crippen LogP contribution in [0.2, 0.25) is 0 Å². The van der Waals surface area contributed by atoms with Gasteiger partial charge in [0.2, 0.25) is 0 Å². The van der Waals surface area contributed by atoms with Crippen molar-refractivity contribution in [1.29, 1.82) is 5.41 Å². The first-order chi connectivity index (χ1) is 16.3. The Morgan fingerprint density at radius 3 is 2.44 bits per heavy atom. The number of aromatic nitrogens is 2. The van der Waals surface area contributed by atoms with Crippen LogP contribution in [-0.4, -0.2) is 53.7 Å². The molecular formula is C24H28N6O3S. The number of hydrogen-bond acceptors (Lipinski definition) is 6. The molecule has 0 radical (unpaired) electrons. The number of carbonyl (C=O) groups is 1. The number of amides is 1. The Hall–Kier alpha value is -3.50. The van der Waals surface area contributed by atoms with Crippen LogP contribution in [0.1, 0.15) is 36.0 Å². The molecule has 10 heteroatoms. The second-order valence-electron chi connectivity index (χ2n) is 8.36. The summed E-state index contributed by atoms with van der Waals surface area (Å²) in [4.78, 5) is 11.7. The molecule has 0 aliphatic carbocycles. The number of sulfone groups is 1. The first-order valence-corrected chi connectivity index (χ1v) is 12.7. The Labute approximate surface area is 199 Å². The van der Waals surface area contributed by atoms with E-state index in [1.54, 1.807) is 54.5 Å². The lowest BCUT2D eigenvalue weighted by molar-refractivity contribution is -0.0500. The fourth-order valence-electron chi connectivity index (χ4n) is 4.57. The summed E-state index contributed by atoms with van der Waals surface area (Å²) in [6.45, 7) is 0.381. The van der Waals surface area contributed by atoms with E-state index in [1.807, 2.05) is 18.2 Å². The SMILES string of the molecule is CN(C(=O)n1cccn1)N1CCCCC1(c1ccc(C(=N)N)cc1)S(=O)(=O)Cc1ccccc1. The molecule has 1 saturated heterocycles. The van der Waals surface area contributed by atoms with E-state index in [0.29, 0.717) is 36.1 Å². The van der Waals surface area contributed by atoms with Crippen LogP contribution in [-0.2, 0) is 20.5 Å². The summed E-state index contributed by atoms with van der Waals surface area (Å²) in [6, 6.07) is 16.9. The Kier molecular flexibility index (Phi) is 6.54. The second-order valence-corrected chi connectivity index (χ2v) is 10.6. The molecule has 1 unspecified atom stereocenters. The normalized spacial score (nSPS) is 19.0. The van der Waals surface area contributed by atoms with Crippen molar-refractivity contribution in [2.45, 2.75) is 29.9 Å².